The van der Waals surface area contributed by atoms with Crippen molar-refractivity contribution < 1.29 is 4.39 Å². The van der Waals surface area contributed by atoms with Crippen LogP contribution < -0.4 is 5.73 Å². The lowest BCUT2D eigenvalue weighted by Gasteiger charge is -2.10. The number of rotatable bonds is 2. The fraction of sp³-hybridized carbons (Fsp3) is 0.222. The van der Waals surface area contributed by atoms with Crippen molar-refractivity contribution in [2.45, 2.75) is 12.5 Å². The van der Waals surface area contributed by atoms with E-state index in [-0.39, 0.29) is 17.0 Å². The summed E-state index contributed by atoms with van der Waals surface area (Å²) in [5.41, 5.74) is 5.73. The van der Waals surface area contributed by atoms with Gasteiger partial charge in [0.15, 0.2) is 0 Å². The second-order valence-electron chi connectivity index (χ2n) is 2.76. The molecule has 2 nitrogen and oxygen atoms in total. The minimum Gasteiger partial charge on any atom is -0.323 e. The van der Waals surface area contributed by atoms with Gasteiger partial charge in [-0.2, -0.15) is 5.26 Å². The van der Waals surface area contributed by atoms with Gasteiger partial charge in [-0.1, -0.05) is 23.2 Å². The number of benzene rings is 1. The minimum absolute atomic E-state index is 0.0214. The summed E-state index contributed by atoms with van der Waals surface area (Å²) in [6, 6.07) is 3.83. The molecule has 0 aliphatic heterocycles. The fourth-order valence-electron chi connectivity index (χ4n) is 1.05. The third kappa shape index (κ3) is 2.36. The second-order valence-corrected chi connectivity index (χ2v) is 3.60. The van der Waals surface area contributed by atoms with E-state index >= 15 is 0 Å². The maximum Gasteiger partial charge on any atom is 0.146 e. The summed E-state index contributed by atoms with van der Waals surface area (Å²) in [4.78, 5) is 0. The van der Waals surface area contributed by atoms with Crippen molar-refractivity contribution in [2.75, 3.05) is 0 Å². The summed E-state index contributed by atoms with van der Waals surface area (Å²) in [6.07, 6.45) is 0.0214. The SMILES string of the molecule is N#CCC(N)c1cc(Cl)cc(Cl)c1F. The molecular formula is C9H7Cl2FN2. The van der Waals surface area contributed by atoms with E-state index in [0.29, 0.717) is 5.02 Å². The van der Waals surface area contributed by atoms with Crippen LogP contribution in [0, 0.1) is 17.1 Å². The largest absolute Gasteiger partial charge is 0.323 e. The summed E-state index contributed by atoms with van der Waals surface area (Å²) in [6.45, 7) is 0. The number of hydrogen-bond donors (Lipinski definition) is 1. The molecule has 1 rings (SSSR count). The molecular weight excluding hydrogens is 226 g/mol. The molecule has 74 valence electrons. The Labute approximate surface area is 91.0 Å². The van der Waals surface area contributed by atoms with Gasteiger partial charge in [-0.25, -0.2) is 4.39 Å². The summed E-state index contributed by atoms with van der Waals surface area (Å²) in [5.74, 6) is -0.612. The molecule has 1 atom stereocenters. The first kappa shape index (κ1) is 11.3. The highest BCUT2D eigenvalue weighted by atomic mass is 35.5. The molecule has 1 aromatic rings. The molecule has 0 spiro atoms. The number of nitrogens with two attached hydrogens (primary N) is 1. The highest BCUT2D eigenvalue weighted by Gasteiger charge is 2.14. The van der Waals surface area contributed by atoms with Gasteiger partial charge in [0.25, 0.3) is 0 Å². The lowest BCUT2D eigenvalue weighted by molar-refractivity contribution is 0.585. The zero-order valence-corrected chi connectivity index (χ0v) is 8.61. The van der Waals surface area contributed by atoms with Crippen LogP contribution in [0.2, 0.25) is 10.0 Å². The number of nitrogens with zero attached hydrogens (tertiary/aromatic N) is 1. The number of nitriles is 1. The van der Waals surface area contributed by atoms with Crippen LogP contribution >= 0.6 is 23.2 Å². The molecule has 0 heterocycles. The maximum atomic E-state index is 13.4. The van der Waals surface area contributed by atoms with Crippen LogP contribution in [0.5, 0.6) is 0 Å². The lowest BCUT2D eigenvalue weighted by Crippen LogP contribution is -2.11. The third-order valence-electron chi connectivity index (χ3n) is 1.73. The molecule has 0 bridgehead atoms. The second kappa shape index (κ2) is 4.61. The van der Waals surface area contributed by atoms with Crippen molar-refractivity contribution in [3.63, 3.8) is 0 Å². The van der Waals surface area contributed by atoms with Crippen molar-refractivity contribution in [1.29, 1.82) is 5.26 Å². The van der Waals surface area contributed by atoms with Gasteiger partial charge >= 0.3 is 0 Å². The van der Waals surface area contributed by atoms with E-state index in [0.717, 1.165) is 0 Å². The maximum absolute atomic E-state index is 13.4. The molecule has 0 radical (unpaired) electrons. The average molecular weight is 233 g/mol. The molecule has 0 fully saturated rings. The van der Waals surface area contributed by atoms with E-state index in [4.69, 9.17) is 34.2 Å². The Morgan fingerprint density at radius 1 is 1.50 bits per heavy atom. The first-order valence-electron chi connectivity index (χ1n) is 3.83. The summed E-state index contributed by atoms with van der Waals surface area (Å²) in [7, 11) is 0. The van der Waals surface area contributed by atoms with Crippen LogP contribution in [-0.2, 0) is 0 Å². The van der Waals surface area contributed by atoms with Crippen LogP contribution in [0.3, 0.4) is 0 Å². The van der Waals surface area contributed by atoms with E-state index in [1.165, 1.54) is 12.1 Å². The third-order valence-corrected chi connectivity index (χ3v) is 2.23. The van der Waals surface area contributed by atoms with Crippen molar-refractivity contribution in [2.24, 2.45) is 5.73 Å². The zero-order valence-electron chi connectivity index (χ0n) is 7.10. The predicted octanol–water partition coefficient (Wildman–Crippen LogP) is 3.05. The Kier molecular flexibility index (Phi) is 3.70. The van der Waals surface area contributed by atoms with Gasteiger partial charge in [-0.3, -0.25) is 0 Å². The first-order chi connectivity index (χ1) is 6.56. The smallest absolute Gasteiger partial charge is 0.146 e. The predicted molar refractivity (Wildman–Crippen MR) is 53.6 cm³/mol. The molecule has 2 N–H and O–H groups in total. The van der Waals surface area contributed by atoms with E-state index in [1.807, 2.05) is 6.07 Å². The van der Waals surface area contributed by atoms with Gasteiger partial charge in [0.2, 0.25) is 0 Å². The van der Waals surface area contributed by atoms with Crippen LogP contribution in [-0.4, -0.2) is 0 Å². The topological polar surface area (TPSA) is 49.8 Å². The monoisotopic (exact) mass is 232 g/mol. The molecule has 5 heteroatoms. The van der Waals surface area contributed by atoms with Gasteiger partial charge in [0.05, 0.1) is 17.5 Å². The zero-order chi connectivity index (χ0) is 10.7. The van der Waals surface area contributed by atoms with Gasteiger partial charge in [-0.15, -0.1) is 0 Å². The average Bonchev–Trinajstić information content (AvgIpc) is 2.11. The van der Waals surface area contributed by atoms with Crippen molar-refractivity contribution in [1.82, 2.24) is 0 Å². The van der Waals surface area contributed by atoms with Gasteiger partial charge in [0, 0.05) is 16.6 Å². The Bertz CT molecular complexity index is 387. The quantitative estimate of drug-likeness (QED) is 0.798. The van der Waals surface area contributed by atoms with Crippen molar-refractivity contribution >= 4 is 23.2 Å². The fourth-order valence-corrected chi connectivity index (χ4v) is 1.56. The molecule has 1 aromatic carbocycles. The molecule has 0 aliphatic carbocycles. The van der Waals surface area contributed by atoms with E-state index in [2.05, 4.69) is 0 Å². The normalized spacial score (nSPS) is 12.2. The molecule has 0 amide bonds. The molecule has 0 aliphatic rings. The van der Waals surface area contributed by atoms with Crippen LogP contribution in [0.4, 0.5) is 4.39 Å². The summed E-state index contributed by atoms with van der Waals surface area (Å²) >= 11 is 11.2. The summed E-state index contributed by atoms with van der Waals surface area (Å²) in [5, 5.41) is 8.63. The van der Waals surface area contributed by atoms with Crippen molar-refractivity contribution in [3.05, 3.63) is 33.6 Å². The van der Waals surface area contributed by atoms with Gasteiger partial charge < -0.3 is 5.73 Å². The lowest BCUT2D eigenvalue weighted by atomic mass is 10.0. The Morgan fingerprint density at radius 2 is 2.14 bits per heavy atom. The van der Waals surface area contributed by atoms with Crippen LogP contribution in [0.25, 0.3) is 0 Å². The Morgan fingerprint density at radius 3 is 2.71 bits per heavy atom. The van der Waals surface area contributed by atoms with Crippen molar-refractivity contribution in [3.8, 4) is 6.07 Å². The minimum atomic E-state index is -0.698. The summed E-state index contributed by atoms with van der Waals surface area (Å²) < 4.78 is 13.4. The molecule has 1 unspecified atom stereocenters. The molecule has 0 saturated heterocycles. The molecule has 0 saturated carbocycles. The highest BCUT2D eigenvalue weighted by Crippen LogP contribution is 2.27. The Hall–Kier alpha value is -0.820. The molecule has 14 heavy (non-hydrogen) atoms. The van der Waals surface area contributed by atoms with Gasteiger partial charge in [-0.05, 0) is 12.1 Å². The number of hydrogen-bond acceptors (Lipinski definition) is 2. The standard InChI is InChI=1S/C9H7Cl2FN2/c10-5-3-6(8(14)1-2-13)9(12)7(11)4-5/h3-4,8H,1,14H2. The number of halogens is 3. The van der Waals surface area contributed by atoms with Crippen LogP contribution in [0.1, 0.15) is 18.0 Å². The van der Waals surface area contributed by atoms with Gasteiger partial charge in [0.1, 0.15) is 5.82 Å². The highest BCUT2D eigenvalue weighted by molar-refractivity contribution is 6.34. The molecule has 0 aromatic heterocycles. The van der Waals surface area contributed by atoms with Crippen LogP contribution in [0.15, 0.2) is 12.1 Å². The van der Waals surface area contributed by atoms with E-state index < -0.39 is 11.9 Å². The Balaban J connectivity index is 3.14. The first-order valence-corrected chi connectivity index (χ1v) is 4.58. The van der Waals surface area contributed by atoms with E-state index in [9.17, 15) is 4.39 Å². The van der Waals surface area contributed by atoms with E-state index in [1.54, 1.807) is 0 Å².